The summed E-state index contributed by atoms with van der Waals surface area (Å²) in [6.07, 6.45) is 9.84. The molecule has 0 saturated carbocycles. The Kier molecular flexibility index (Phi) is 2.83. The Morgan fingerprint density at radius 2 is 2.46 bits per heavy atom. The maximum absolute atomic E-state index is 4.08. The van der Waals surface area contributed by atoms with Crippen LogP contribution >= 0.6 is 15.9 Å². The first-order valence-corrected chi connectivity index (χ1v) is 5.45. The molecule has 0 amide bonds. The van der Waals surface area contributed by atoms with Crippen LogP contribution in [0, 0.1) is 5.92 Å². The van der Waals surface area contributed by atoms with Crippen molar-refractivity contribution >= 4 is 22.3 Å². The van der Waals surface area contributed by atoms with E-state index in [1.54, 1.807) is 6.34 Å². The summed E-state index contributed by atoms with van der Waals surface area (Å²) in [6.45, 7) is 0.830. The molecular formula is C10H13BrN2. The molecule has 0 radical (unpaired) electrons. The fourth-order valence-corrected chi connectivity index (χ4v) is 2.36. The lowest BCUT2D eigenvalue weighted by Gasteiger charge is -2.15. The highest BCUT2D eigenvalue weighted by atomic mass is 79.9. The number of halogens is 1. The number of rotatable bonds is 2. The van der Waals surface area contributed by atoms with Crippen molar-refractivity contribution in [2.24, 2.45) is 10.9 Å². The van der Waals surface area contributed by atoms with Crippen LogP contribution in [0.25, 0.3) is 0 Å². The van der Waals surface area contributed by atoms with Gasteiger partial charge in [0.05, 0.1) is 12.9 Å². The minimum Gasteiger partial charge on any atom is -0.350 e. The summed E-state index contributed by atoms with van der Waals surface area (Å²) >= 11 is 3.60. The highest BCUT2D eigenvalue weighted by Gasteiger charge is 2.18. The summed E-state index contributed by atoms with van der Waals surface area (Å²) < 4.78 is 1.37. The molecule has 70 valence electrons. The first-order chi connectivity index (χ1) is 6.36. The van der Waals surface area contributed by atoms with Crippen LogP contribution in [-0.2, 0) is 0 Å². The second-order valence-electron chi connectivity index (χ2n) is 3.44. The SMILES string of the molecule is BrC1=CCCC1CC1=CCN=CN1. The van der Waals surface area contributed by atoms with E-state index in [-0.39, 0.29) is 0 Å². The van der Waals surface area contributed by atoms with Gasteiger partial charge in [-0.3, -0.25) is 4.99 Å². The molecule has 0 spiro atoms. The van der Waals surface area contributed by atoms with Gasteiger partial charge >= 0.3 is 0 Å². The molecule has 1 unspecified atom stereocenters. The van der Waals surface area contributed by atoms with Crippen LogP contribution in [0.1, 0.15) is 19.3 Å². The van der Waals surface area contributed by atoms with E-state index < -0.39 is 0 Å². The largest absolute Gasteiger partial charge is 0.350 e. The van der Waals surface area contributed by atoms with Gasteiger partial charge in [-0.15, -0.1) is 0 Å². The number of hydrogen-bond donors (Lipinski definition) is 1. The van der Waals surface area contributed by atoms with Gasteiger partial charge in [0.25, 0.3) is 0 Å². The van der Waals surface area contributed by atoms with Crippen molar-refractivity contribution < 1.29 is 0 Å². The van der Waals surface area contributed by atoms with Gasteiger partial charge in [0.2, 0.25) is 0 Å². The number of aliphatic imine (C=N–C) groups is 1. The average Bonchev–Trinajstić information content (AvgIpc) is 2.54. The van der Waals surface area contributed by atoms with Gasteiger partial charge in [-0.25, -0.2) is 0 Å². The zero-order valence-corrected chi connectivity index (χ0v) is 9.05. The third kappa shape index (κ3) is 2.21. The van der Waals surface area contributed by atoms with E-state index in [2.05, 4.69) is 38.4 Å². The molecule has 2 nitrogen and oxygen atoms in total. The lowest BCUT2D eigenvalue weighted by atomic mass is 10.0. The molecule has 0 aromatic heterocycles. The molecule has 1 aliphatic heterocycles. The zero-order chi connectivity index (χ0) is 9.10. The molecule has 3 heteroatoms. The second-order valence-corrected chi connectivity index (χ2v) is 4.35. The number of hydrogen-bond acceptors (Lipinski definition) is 2. The molecular weight excluding hydrogens is 228 g/mol. The van der Waals surface area contributed by atoms with Crippen LogP contribution in [0.3, 0.4) is 0 Å². The van der Waals surface area contributed by atoms with Crippen molar-refractivity contribution in [2.75, 3.05) is 6.54 Å². The van der Waals surface area contributed by atoms with Crippen molar-refractivity contribution in [1.82, 2.24) is 5.32 Å². The maximum atomic E-state index is 4.08. The Hall–Kier alpha value is -0.570. The Bertz CT molecular complexity index is 279. The van der Waals surface area contributed by atoms with Crippen molar-refractivity contribution in [3.05, 3.63) is 22.3 Å². The number of allylic oxidation sites excluding steroid dienone is 3. The summed E-state index contributed by atoms with van der Waals surface area (Å²) in [5.74, 6) is 0.685. The summed E-state index contributed by atoms with van der Waals surface area (Å²) in [5, 5.41) is 3.19. The van der Waals surface area contributed by atoms with E-state index in [1.807, 2.05) is 0 Å². The third-order valence-electron chi connectivity index (χ3n) is 2.50. The van der Waals surface area contributed by atoms with E-state index >= 15 is 0 Å². The molecule has 2 aliphatic rings. The number of nitrogens with one attached hydrogen (secondary N) is 1. The van der Waals surface area contributed by atoms with Crippen LogP contribution in [0.2, 0.25) is 0 Å². The Labute approximate surface area is 86.9 Å². The maximum Gasteiger partial charge on any atom is 0.0869 e. The van der Waals surface area contributed by atoms with Gasteiger partial charge in [-0.2, -0.15) is 0 Å². The Balaban J connectivity index is 1.91. The average molecular weight is 241 g/mol. The predicted molar refractivity (Wildman–Crippen MR) is 58.9 cm³/mol. The Morgan fingerprint density at radius 3 is 3.08 bits per heavy atom. The zero-order valence-electron chi connectivity index (χ0n) is 7.46. The van der Waals surface area contributed by atoms with Gasteiger partial charge < -0.3 is 5.32 Å². The van der Waals surface area contributed by atoms with Gasteiger partial charge in [0.15, 0.2) is 0 Å². The van der Waals surface area contributed by atoms with Crippen molar-refractivity contribution in [2.45, 2.75) is 19.3 Å². The highest BCUT2D eigenvalue weighted by Crippen LogP contribution is 2.34. The normalized spacial score (nSPS) is 26.7. The summed E-state index contributed by atoms with van der Waals surface area (Å²) in [7, 11) is 0. The second kappa shape index (κ2) is 4.09. The summed E-state index contributed by atoms with van der Waals surface area (Å²) in [4.78, 5) is 4.08. The van der Waals surface area contributed by atoms with Gasteiger partial charge in [-0.05, 0) is 35.7 Å². The van der Waals surface area contributed by atoms with Crippen LogP contribution in [-0.4, -0.2) is 12.9 Å². The monoisotopic (exact) mass is 240 g/mol. The van der Waals surface area contributed by atoms with E-state index in [0.717, 1.165) is 13.0 Å². The van der Waals surface area contributed by atoms with Crippen molar-refractivity contribution in [3.63, 3.8) is 0 Å². The minimum absolute atomic E-state index is 0.685. The molecule has 13 heavy (non-hydrogen) atoms. The third-order valence-corrected chi connectivity index (χ3v) is 3.47. The first kappa shape index (κ1) is 9.00. The summed E-state index contributed by atoms with van der Waals surface area (Å²) in [6, 6.07) is 0. The molecule has 1 heterocycles. The molecule has 2 rings (SSSR count). The Morgan fingerprint density at radius 1 is 1.54 bits per heavy atom. The lowest BCUT2D eigenvalue weighted by molar-refractivity contribution is 0.607. The van der Waals surface area contributed by atoms with Crippen LogP contribution in [0.5, 0.6) is 0 Å². The van der Waals surface area contributed by atoms with Gasteiger partial charge in [-0.1, -0.05) is 22.0 Å². The molecule has 1 aliphatic carbocycles. The van der Waals surface area contributed by atoms with Crippen LogP contribution in [0.4, 0.5) is 0 Å². The fourth-order valence-electron chi connectivity index (χ4n) is 1.74. The van der Waals surface area contributed by atoms with E-state index in [1.165, 1.54) is 23.0 Å². The molecule has 0 aromatic carbocycles. The topological polar surface area (TPSA) is 24.4 Å². The molecule has 0 saturated heterocycles. The van der Waals surface area contributed by atoms with Crippen LogP contribution < -0.4 is 5.32 Å². The quantitative estimate of drug-likeness (QED) is 0.789. The minimum atomic E-state index is 0.685. The molecule has 1 N–H and O–H groups in total. The van der Waals surface area contributed by atoms with E-state index in [0.29, 0.717) is 5.92 Å². The summed E-state index contributed by atoms with van der Waals surface area (Å²) in [5.41, 5.74) is 1.31. The molecule has 0 fully saturated rings. The lowest BCUT2D eigenvalue weighted by Crippen LogP contribution is -2.17. The smallest absolute Gasteiger partial charge is 0.0869 e. The standard InChI is InChI=1S/C10H13BrN2/c11-10-3-1-2-8(10)6-9-4-5-12-7-13-9/h3-4,7-8H,1-2,5-6H2,(H,12,13). The molecule has 0 aromatic rings. The predicted octanol–water partition coefficient (Wildman–Crippen LogP) is 2.58. The van der Waals surface area contributed by atoms with Crippen molar-refractivity contribution in [3.8, 4) is 0 Å². The first-order valence-electron chi connectivity index (χ1n) is 4.65. The highest BCUT2D eigenvalue weighted by molar-refractivity contribution is 9.11. The molecule has 1 atom stereocenters. The van der Waals surface area contributed by atoms with Gasteiger partial charge in [0, 0.05) is 5.70 Å². The van der Waals surface area contributed by atoms with Gasteiger partial charge in [0.1, 0.15) is 0 Å². The van der Waals surface area contributed by atoms with E-state index in [4.69, 9.17) is 0 Å². The van der Waals surface area contributed by atoms with E-state index in [9.17, 15) is 0 Å². The fraction of sp³-hybridized carbons (Fsp3) is 0.500. The van der Waals surface area contributed by atoms with Crippen LogP contribution in [0.15, 0.2) is 27.3 Å². The van der Waals surface area contributed by atoms with Crippen molar-refractivity contribution in [1.29, 1.82) is 0 Å². The molecule has 0 bridgehead atoms. The number of nitrogens with zero attached hydrogens (tertiary/aromatic N) is 1.